The van der Waals surface area contributed by atoms with Gasteiger partial charge in [0.1, 0.15) is 12.7 Å². The van der Waals surface area contributed by atoms with E-state index in [1.807, 2.05) is 0 Å². The molecular formula is C9H9F5O5. The van der Waals surface area contributed by atoms with Gasteiger partial charge in [0.2, 0.25) is 0 Å². The van der Waals surface area contributed by atoms with Crippen molar-refractivity contribution >= 4 is 5.97 Å². The zero-order chi connectivity index (χ0) is 15.1. The number of halogens is 5. The quantitative estimate of drug-likeness (QED) is 0.446. The van der Waals surface area contributed by atoms with E-state index >= 15 is 0 Å². The van der Waals surface area contributed by atoms with Crippen LogP contribution in [0.1, 0.15) is 0 Å². The molecule has 0 bridgehead atoms. The van der Waals surface area contributed by atoms with Gasteiger partial charge in [0.15, 0.2) is 6.10 Å². The fourth-order valence-corrected chi connectivity index (χ4v) is 1.40. The van der Waals surface area contributed by atoms with E-state index in [4.69, 9.17) is 10.2 Å². The molecule has 0 aliphatic carbocycles. The molecule has 0 aromatic carbocycles. The van der Waals surface area contributed by atoms with E-state index in [1.165, 1.54) is 0 Å². The smallest absolute Gasteiger partial charge is 0.449 e. The first kappa shape index (κ1) is 15.8. The lowest BCUT2D eigenvalue weighted by Crippen LogP contribution is -2.59. The van der Waals surface area contributed by atoms with Crippen LogP contribution in [-0.4, -0.2) is 52.9 Å². The van der Waals surface area contributed by atoms with E-state index in [1.54, 1.807) is 0 Å². The number of hydrogen-bond donors (Lipinski definition) is 2. The Morgan fingerprint density at radius 2 is 2.00 bits per heavy atom. The van der Waals surface area contributed by atoms with Crippen molar-refractivity contribution in [3.8, 4) is 0 Å². The Bertz CT molecular complexity index is 382. The molecule has 2 N–H and O–H groups in total. The van der Waals surface area contributed by atoms with Gasteiger partial charge in [-0.2, -0.15) is 22.0 Å². The lowest BCUT2D eigenvalue weighted by atomic mass is 10.0. The summed E-state index contributed by atoms with van der Waals surface area (Å²) >= 11 is 0. The van der Waals surface area contributed by atoms with Crippen LogP contribution in [0.3, 0.4) is 0 Å². The Balaban J connectivity index is 2.92. The van der Waals surface area contributed by atoms with Gasteiger partial charge in [-0.15, -0.1) is 0 Å². The second kappa shape index (κ2) is 4.69. The standard InChI is InChI=1S/C9H9F5O5/c1-2-5(15)18-3-4-6(16)7(10,11)8(17,19-4)9(12,13)14/h2,4,6,16-17H,1,3H2. The number of ether oxygens (including phenoxy) is 2. The molecule has 0 saturated carbocycles. The van der Waals surface area contributed by atoms with Gasteiger partial charge in [-0.25, -0.2) is 4.79 Å². The molecule has 1 aliphatic rings. The minimum absolute atomic E-state index is 0.634. The van der Waals surface area contributed by atoms with Gasteiger partial charge in [0, 0.05) is 6.08 Å². The molecule has 1 saturated heterocycles. The molecule has 0 amide bonds. The third-order valence-corrected chi connectivity index (χ3v) is 2.44. The predicted molar refractivity (Wildman–Crippen MR) is 48.0 cm³/mol. The number of aliphatic hydroxyl groups excluding tert-OH is 1. The van der Waals surface area contributed by atoms with Gasteiger partial charge in [-0.3, -0.25) is 0 Å². The van der Waals surface area contributed by atoms with Crippen LogP contribution in [-0.2, 0) is 14.3 Å². The molecule has 0 spiro atoms. The van der Waals surface area contributed by atoms with Crippen LogP contribution in [0.5, 0.6) is 0 Å². The molecule has 1 heterocycles. The average molecular weight is 292 g/mol. The molecule has 3 atom stereocenters. The monoisotopic (exact) mass is 292 g/mol. The molecule has 0 aromatic rings. The van der Waals surface area contributed by atoms with Crippen molar-refractivity contribution in [3.05, 3.63) is 12.7 Å². The largest absolute Gasteiger partial charge is 0.460 e. The molecule has 3 unspecified atom stereocenters. The summed E-state index contributed by atoms with van der Waals surface area (Å²) in [5.41, 5.74) is 0. The van der Waals surface area contributed by atoms with E-state index in [9.17, 15) is 26.7 Å². The highest BCUT2D eigenvalue weighted by atomic mass is 19.4. The first-order valence-electron chi connectivity index (χ1n) is 4.79. The third-order valence-electron chi connectivity index (χ3n) is 2.44. The predicted octanol–water partition coefficient (Wildman–Crippen LogP) is 0.361. The molecule has 0 radical (unpaired) electrons. The summed E-state index contributed by atoms with van der Waals surface area (Å²) in [7, 11) is 0. The summed E-state index contributed by atoms with van der Waals surface area (Å²) in [4.78, 5) is 10.6. The van der Waals surface area contributed by atoms with Crippen LogP contribution >= 0.6 is 0 Å². The maximum absolute atomic E-state index is 13.2. The number of alkyl halides is 5. The van der Waals surface area contributed by atoms with Gasteiger partial charge in [-0.05, 0) is 0 Å². The van der Waals surface area contributed by atoms with Crippen molar-refractivity contribution in [2.75, 3.05) is 6.61 Å². The molecule has 19 heavy (non-hydrogen) atoms. The van der Waals surface area contributed by atoms with Crippen LogP contribution in [0.25, 0.3) is 0 Å². The summed E-state index contributed by atoms with van der Waals surface area (Å²) in [5.74, 6) is -11.0. The van der Waals surface area contributed by atoms with E-state index in [2.05, 4.69) is 16.1 Å². The van der Waals surface area contributed by atoms with E-state index in [-0.39, 0.29) is 0 Å². The Labute approximate surface area is 103 Å². The van der Waals surface area contributed by atoms with Crippen LogP contribution in [0.15, 0.2) is 12.7 Å². The second-order valence-corrected chi connectivity index (χ2v) is 3.70. The number of rotatable bonds is 3. The number of esters is 1. The van der Waals surface area contributed by atoms with E-state index in [0.29, 0.717) is 6.08 Å². The van der Waals surface area contributed by atoms with Gasteiger partial charge in [0.25, 0.3) is 0 Å². The molecular weight excluding hydrogens is 283 g/mol. The normalized spacial score (nSPS) is 34.1. The minimum atomic E-state index is -5.84. The zero-order valence-electron chi connectivity index (χ0n) is 9.16. The van der Waals surface area contributed by atoms with Crippen LogP contribution in [0, 0.1) is 0 Å². The van der Waals surface area contributed by atoms with Crippen molar-refractivity contribution < 1.29 is 46.4 Å². The van der Waals surface area contributed by atoms with Gasteiger partial charge in [0.05, 0.1) is 0 Å². The number of carbonyl (C=O) groups is 1. The number of carbonyl (C=O) groups excluding carboxylic acids is 1. The molecule has 110 valence electrons. The van der Waals surface area contributed by atoms with Crippen molar-refractivity contribution in [2.45, 2.75) is 30.1 Å². The van der Waals surface area contributed by atoms with Gasteiger partial charge in [-0.1, -0.05) is 6.58 Å². The maximum Gasteiger partial charge on any atom is 0.449 e. The Hall–Kier alpha value is -1.26. The highest BCUT2D eigenvalue weighted by Crippen LogP contribution is 2.51. The highest BCUT2D eigenvalue weighted by Gasteiger charge is 2.79. The van der Waals surface area contributed by atoms with Crippen molar-refractivity contribution in [3.63, 3.8) is 0 Å². The first-order chi connectivity index (χ1) is 8.47. The van der Waals surface area contributed by atoms with Crippen LogP contribution in [0.2, 0.25) is 0 Å². The molecule has 5 nitrogen and oxygen atoms in total. The minimum Gasteiger partial charge on any atom is -0.460 e. The number of hydrogen-bond acceptors (Lipinski definition) is 5. The Morgan fingerprint density at radius 1 is 1.47 bits per heavy atom. The average Bonchev–Trinajstić information content (AvgIpc) is 2.47. The summed E-state index contributed by atoms with van der Waals surface area (Å²) in [6.07, 6.45) is -10.4. The summed E-state index contributed by atoms with van der Waals surface area (Å²) in [6.45, 7) is 1.87. The molecule has 1 aliphatic heterocycles. The second-order valence-electron chi connectivity index (χ2n) is 3.70. The van der Waals surface area contributed by atoms with E-state index < -0.39 is 42.7 Å². The van der Waals surface area contributed by atoms with Crippen molar-refractivity contribution in [1.82, 2.24) is 0 Å². The topological polar surface area (TPSA) is 76.0 Å². The van der Waals surface area contributed by atoms with Crippen LogP contribution in [0.4, 0.5) is 22.0 Å². The third kappa shape index (κ3) is 2.42. The first-order valence-corrected chi connectivity index (χ1v) is 4.79. The van der Waals surface area contributed by atoms with Crippen molar-refractivity contribution in [1.29, 1.82) is 0 Å². The summed E-state index contributed by atoms with van der Waals surface area (Å²) < 4.78 is 71.5. The fraction of sp³-hybridized carbons (Fsp3) is 0.667. The summed E-state index contributed by atoms with van der Waals surface area (Å²) in [5, 5.41) is 18.0. The Kier molecular flexibility index (Phi) is 3.90. The Morgan fingerprint density at radius 3 is 2.37 bits per heavy atom. The lowest BCUT2D eigenvalue weighted by Gasteiger charge is -2.30. The number of aliphatic hydroxyl groups is 2. The van der Waals surface area contributed by atoms with E-state index in [0.717, 1.165) is 0 Å². The maximum atomic E-state index is 13.2. The van der Waals surface area contributed by atoms with Crippen molar-refractivity contribution in [2.24, 2.45) is 0 Å². The molecule has 10 heteroatoms. The lowest BCUT2D eigenvalue weighted by molar-refractivity contribution is -0.409. The SMILES string of the molecule is C=CC(=O)OCC1OC(O)(C(F)(F)F)C(F)(F)C1O. The van der Waals surface area contributed by atoms with Gasteiger partial charge >= 0.3 is 23.9 Å². The van der Waals surface area contributed by atoms with Crippen LogP contribution < -0.4 is 0 Å². The highest BCUT2D eigenvalue weighted by molar-refractivity contribution is 5.81. The molecule has 1 fully saturated rings. The zero-order valence-corrected chi connectivity index (χ0v) is 9.16. The fourth-order valence-electron chi connectivity index (χ4n) is 1.40. The summed E-state index contributed by atoms with van der Waals surface area (Å²) in [6, 6.07) is 0. The van der Waals surface area contributed by atoms with Gasteiger partial charge < -0.3 is 19.7 Å². The molecule has 1 rings (SSSR count). The molecule has 0 aromatic heterocycles.